The molecule has 0 spiro atoms. The first-order chi connectivity index (χ1) is 20.1. The number of aliphatic hydroxyl groups is 4. The summed E-state index contributed by atoms with van der Waals surface area (Å²) in [5, 5.41) is 70.3. The molecule has 15 nitrogen and oxygen atoms in total. The fourth-order valence-corrected chi connectivity index (χ4v) is 7.01. The highest BCUT2D eigenvalue weighted by Gasteiger charge is 2.68. The number of nitrogens with zero attached hydrogens (tertiary/aromatic N) is 3. The molecule has 1 saturated heterocycles. The van der Waals surface area contributed by atoms with Gasteiger partial charge < -0.3 is 41.8 Å². The maximum atomic E-state index is 14.1. The van der Waals surface area contributed by atoms with Gasteiger partial charge in [-0.15, -0.1) is 0 Å². The zero-order chi connectivity index (χ0) is 31.7. The van der Waals surface area contributed by atoms with Gasteiger partial charge in [-0.25, -0.2) is 0 Å². The van der Waals surface area contributed by atoms with Gasteiger partial charge in [0.1, 0.15) is 22.8 Å². The van der Waals surface area contributed by atoms with Crippen molar-refractivity contribution in [2.45, 2.75) is 30.6 Å². The number of primary amides is 1. The quantitative estimate of drug-likeness (QED) is 0.141. The summed E-state index contributed by atoms with van der Waals surface area (Å²) in [5.74, 6) is -10.4. The number of hydroxylamine groups is 2. The molecule has 2 amide bonds. The average Bonchev–Trinajstić information content (AvgIpc) is 2.93. The summed E-state index contributed by atoms with van der Waals surface area (Å²) in [7, 11) is 2.87. The molecule has 15 heteroatoms. The number of anilines is 1. The molecule has 0 bridgehead atoms. The van der Waals surface area contributed by atoms with Crippen molar-refractivity contribution >= 4 is 34.8 Å². The predicted molar refractivity (Wildman–Crippen MR) is 149 cm³/mol. The molecule has 4 unspecified atom stereocenters. The second kappa shape index (κ2) is 10.7. The van der Waals surface area contributed by atoms with E-state index in [1.54, 1.807) is 11.8 Å². The van der Waals surface area contributed by atoms with Gasteiger partial charge in [-0.3, -0.25) is 29.0 Å². The van der Waals surface area contributed by atoms with Gasteiger partial charge in [-0.2, -0.15) is 5.06 Å². The minimum absolute atomic E-state index is 0.0332. The van der Waals surface area contributed by atoms with Gasteiger partial charge in [0.25, 0.3) is 5.91 Å². The number of aliphatic hydroxyl groups excluding tert-OH is 3. The smallest absolute Gasteiger partial charge is 0.255 e. The lowest BCUT2D eigenvalue weighted by molar-refractivity contribution is -0.169. The highest BCUT2D eigenvalue weighted by molar-refractivity contribution is 6.24. The second-order valence-electron chi connectivity index (χ2n) is 11.8. The molecule has 43 heavy (non-hydrogen) atoms. The van der Waals surface area contributed by atoms with Crippen molar-refractivity contribution < 1.29 is 49.9 Å². The Morgan fingerprint density at radius 3 is 2.33 bits per heavy atom. The zero-order valence-electron chi connectivity index (χ0n) is 23.8. The van der Waals surface area contributed by atoms with E-state index in [1.807, 2.05) is 0 Å². The second-order valence-corrected chi connectivity index (χ2v) is 11.8. The van der Waals surface area contributed by atoms with Crippen LogP contribution in [0.5, 0.6) is 5.75 Å². The lowest BCUT2D eigenvalue weighted by Crippen LogP contribution is -2.70. The standard InChI is InChI=1S/C28H35N5O10/c1-11-12-4-5-13(30-14(34)10-32-6-8-33(43)9-7-32)21(35)16(12)22(36)17-15(11)23(37)19-20(31(2)3)24(38)18(27(29)41)26(40)28(19,42)25(17)39/h4-5,11,15,19-20,23,35-37,40,42-43H,6-10H2,1-3H3,(H2,29,41)(H,30,34)/t11?,15?,19?,20-,23?,28-/m0/s1. The third-order valence-corrected chi connectivity index (χ3v) is 9.12. The topological polar surface area (TPSA) is 237 Å². The largest absolute Gasteiger partial charge is 0.508 e. The van der Waals surface area contributed by atoms with Crippen LogP contribution in [0.2, 0.25) is 0 Å². The number of fused-ring (bicyclic) bond motifs is 3. The fourth-order valence-electron chi connectivity index (χ4n) is 7.01. The summed E-state index contributed by atoms with van der Waals surface area (Å²) in [5.41, 5.74) is 0.837. The lowest BCUT2D eigenvalue weighted by Gasteiger charge is -2.53. The van der Waals surface area contributed by atoms with Crippen molar-refractivity contribution in [3.8, 4) is 5.75 Å². The molecular weight excluding hydrogens is 566 g/mol. The maximum absolute atomic E-state index is 14.1. The first-order valence-corrected chi connectivity index (χ1v) is 13.8. The zero-order valence-corrected chi connectivity index (χ0v) is 23.8. The van der Waals surface area contributed by atoms with Crippen LogP contribution in [0.25, 0.3) is 5.76 Å². The first kappa shape index (κ1) is 30.6. The van der Waals surface area contributed by atoms with E-state index in [-0.39, 0.29) is 17.8 Å². The number of carbonyl (C=O) groups excluding carboxylic acids is 4. The number of amides is 2. The Hall–Kier alpha value is -3.86. The van der Waals surface area contributed by atoms with Crippen LogP contribution in [0.15, 0.2) is 29.0 Å². The number of likely N-dealkylation sites (N-methyl/N-ethyl adjacent to an activating group) is 1. The van der Waals surface area contributed by atoms with Crippen molar-refractivity contribution in [1.29, 1.82) is 0 Å². The number of piperazine rings is 1. The number of benzene rings is 1. The van der Waals surface area contributed by atoms with E-state index in [9.17, 15) is 49.9 Å². The molecule has 5 rings (SSSR count). The number of ketones is 2. The third-order valence-electron chi connectivity index (χ3n) is 9.12. The normalized spacial score (nSPS) is 31.6. The molecule has 1 aromatic rings. The molecule has 1 aromatic carbocycles. The molecule has 6 atom stereocenters. The van der Waals surface area contributed by atoms with Crippen LogP contribution in [0.1, 0.15) is 24.0 Å². The van der Waals surface area contributed by atoms with Crippen LogP contribution >= 0.6 is 0 Å². The monoisotopic (exact) mass is 601 g/mol. The van der Waals surface area contributed by atoms with Crippen LogP contribution < -0.4 is 11.1 Å². The molecule has 9 N–H and O–H groups in total. The lowest BCUT2D eigenvalue weighted by atomic mass is 9.54. The number of aromatic hydroxyl groups is 1. The minimum atomic E-state index is -3.01. The molecular formula is C28H35N5O10. The van der Waals surface area contributed by atoms with Gasteiger partial charge in [0.15, 0.2) is 11.4 Å². The van der Waals surface area contributed by atoms with Gasteiger partial charge in [0.2, 0.25) is 11.7 Å². The number of nitrogens with one attached hydrogen (secondary N) is 1. The molecule has 0 radical (unpaired) electrons. The fraction of sp³-hybridized carbons (Fsp3) is 0.500. The molecule has 0 aromatic heterocycles. The van der Waals surface area contributed by atoms with Crippen molar-refractivity contribution in [1.82, 2.24) is 14.9 Å². The van der Waals surface area contributed by atoms with Crippen LogP contribution in [0.4, 0.5) is 5.69 Å². The number of hydrogen-bond acceptors (Lipinski definition) is 13. The van der Waals surface area contributed by atoms with E-state index >= 15 is 0 Å². The Kier molecular flexibility index (Phi) is 7.61. The number of hydrogen-bond donors (Lipinski definition) is 8. The number of carbonyl (C=O) groups is 4. The number of nitrogens with two attached hydrogens (primary N) is 1. The summed E-state index contributed by atoms with van der Waals surface area (Å²) in [6.07, 6.45) is -1.70. The van der Waals surface area contributed by atoms with Crippen LogP contribution in [-0.2, 0) is 19.2 Å². The Morgan fingerprint density at radius 2 is 1.74 bits per heavy atom. The molecule has 3 aliphatic carbocycles. The summed E-state index contributed by atoms with van der Waals surface area (Å²) in [4.78, 5) is 55.3. The molecule has 4 aliphatic rings. The van der Waals surface area contributed by atoms with Gasteiger partial charge in [-0.1, -0.05) is 13.0 Å². The van der Waals surface area contributed by atoms with Crippen LogP contribution in [-0.4, -0.2) is 134 Å². The van der Waals surface area contributed by atoms with E-state index in [2.05, 4.69) is 5.32 Å². The highest BCUT2D eigenvalue weighted by Crippen LogP contribution is 2.56. The van der Waals surface area contributed by atoms with Crippen LogP contribution in [0, 0.1) is 11.8 Å². The van der Waals surface area contributed by atoms with E-state index in [0.717, 1.165) is 5.06 Å². The van der Waals surface area contributed by atoms with Crippen molar-refractivity contribution in [3.63, 3.8) is 0 Å². The number of Topliss-reactive ketones (excluding diaryl/α,β-unsaturated/α-hetero) is 2. The minimum Gasteiger partial charge on any atom is -0.508 e. The number of rotatable bonds is 5. The molecule has 232 valence electrons. The summed E-state index contributed by atoms with van der Waals surface area (Å²) >= 11 is 0. The molecule has 1 saturated carbocycles. The Bertz CT molecular complexity index is 1480. The average molecular weight is 602 g/mol. The van der Waals surface area contributed by atoms with Crippen molar-refractivity contribution in [2.75, 3.05) is 52.1 Å². The van der Waals surface area contributed by atoms with E-state index < -0.39 is 87.3 Å². The third kappa shape index (κ3) is 4.51. The number of phenolic OH excluding ortho intramolecular Hbond substituents is 1. The van der Waals surface area contributed by atoms with Gasteiger partial charge in [-0.05, 0) is 31.6 Å². The Morgan fingerprint density at radius 1 is 1.12 bits per heavy atom. The molecule has 1 aliphatic heterocycles. The Labute approximate surface area is 246 Å². The van der Waals surface area contributed by atoms with Crippen LogP contribution in [0.3, 0.4) is 0 Å². The van der Waals surface area contributed by atoms with Gasteiger partial charge in [0.05, 0.1) is 35.9 Å². The summed E-state index contributed by atoms with van der Waals surface area (Å²) in [6.45, 7) is 3.20. The SMILES string of the molecule is CC1c2ccc(NC(=O)CN3CCN(O)CC3)c(O)c2C(O)=C2C(=O)[C@]3(O)C(O)=C(C(N)=O)C(=O)[C@@H](N(C)C)C3C(O)C21. The highest BCUT2D eigenvalue weighted by atomic mass is 16.5. The van der Waals surface area contributed by atoms with E-state index in [1.165, 1.54) is 31.1 Å². The predicted octanol–water partition coefficient (Wildman–Crippen LogP) is -1.56. The first-order valence-electron chi connectivity index (χ1n) is 13.8. The summed E-state index contributed by atoms with van der Waals surface area (Å²) in [6, 6.07) is 1.49. The van der Waals surface area contributed by atoms with E-state index in [4.69, 9.17) is 5.73 Å². The van der Waals surface area contributed by atoms with E-state index in [0.29, 0.717) is 31.7 Å². The summed E-state index contributed by atoms with van der Waals surface area (Å²) < 4.78 is 0. The van der Waals surface area contributed by atoms with Crippen molar-refractivity contribution in [2.24, 2.45) is 17.6 Å². The molecule has 1 heterocycles. The van der Waals surface area contributed by atoms with Gasteiger partial charge in [0, 0.05) is 37.7 Å². The van der Waals surface area contributed by atoms with Gasteiger partial charge >= 0.3 is 0 Å². The Balaban J connectivity index is 1.58. The maximum Gasteiger partial charge on any atom is 0.255 e. The van der Waals surface area contributed by atoms with Crippen molar-refractivity contribution in [3.05, 3.63) is 40.2 Å². The number of phenols is 1. The molecule has 2 fully saturated rings.